The van der Waals surface area contributed by atoms with E-state index in [0.717, 1.165) is 60.5 Å². The zero-order chi connectivity index (χ0) is 34.4. The number of piperazine rings is 1. The fraction of sp³-hybridized carbons (Fsp3) is 0.605. The lowest BCUT2D eigenvalue weighted by molar-refractivity contribution is -0.142. The Bertz CT molecular complexity index is 1600. The average molecular weight is 687 g/mol. The fourth-order valence-electron chi connectivity index (χ4n) is 9.17. The smallest absolute Gasteiger partial charge is 0.410 e. The number of likely N-dealkylation sites (tertiary alicyclic amines) is 4. The molecule has 4 saturated heterocycles. The molecule has 6 aliphatic rings. The van der Waals surface area contributed by atoms with Crippen LogP contribution in [0.1, 0.15) is 48.8 Å². The van der Waals surface area contributed by atoms with Crippen molar-refractivity contribution in [2.45, 2.75) is 82.1 Å². The molecule has 0 radical (unpaired) electrons. The summed E-state index contributed by atoms with van der Waals surface area (Å²) in [4.78, 5) is 51.8. The lowest BCUT2D eigenvalue weighted by Crippen LogP contribution is -2.55. The van der Waals surface area contributed by atoms with Gasteiger partial charge in [0.05, 0.1) is 0 Å². The topological polar surface area (TPSA) is 107 Å². The molecule has 0 aliphatic carbocycles. The van der Waals surface area contributed by atoms with Crippen molar-refractivity contribution >= 4 is 23.7 Å². The largest absolute Gasteiger partial charge is 0.486 e. The summed E-state index contributed by atoms with van der Waals surface area (Å²) in [6, 6.07) is 13.5. The number of aryl methyl sites for hydroxylation is 1. The second-order valence-corrected chi connectivity index (χ2v) is 15.0. The van der Waals surface area contributed by atoms with Gasteiger partial charge in [0.2, 0.25) is 0 Å². The van der Waals surface area contributed by atoms with Crippen molar-refractivity contribution in [2.24, 2.45) is 0 Å². The number of anilines is 1. The standard InChI is InChI=1S/C38H50N6O6/c1-25-19-26(20-33-35(25)49-18-17-48-33)21-34(36(45)41-12-8-29(9-13-41)44-24-30-22-31(44)23-40(30)2)50-38(47)42-14-10-28(11-15-42)43-16-7-27-5-3-4-6-32(27)39-37(43)46/h3-6,19-20,28-31,34H,7-18,21-24H2,1-2H3,(H,39,46)/t30?,31?,34-/m1/s1. The number of nitrogens with one attached hydrogen (secondary N) is 1. The van der Waals surface area contributed by atoms with Crippen LogP contribution >= 0.6 is 0 Å². The number of benzene rings is 2. The van der Waals surface area contributed by atoms with Crippen LogP contribution in [-0.2, 0) is 22.4 Å². The van der Waals surface area contributed by atoms with Gasteiger partial charge in [0.25, 0.3) is 5.91 Å². The van der Waals surface area contributed by atoms with Crippen LogP contribution in [0.5, 0.6) is 11.5 Å². The van der Waals surface area contributed by atoms with E-state index in [1.165, 1.54) is 6.42 Å². The third-order valence-electron chi connectivity index (χ3n) is 11.9. The molecule has 1 N–H and O–H groups in total. The normalized spacial score (nSPS) is 25.2. The Balaban J connectivity index is 0.919. The van der Waals surface area contributed by atoms with Crippen LogP contribution in [0, 0.1) is 6.92 Å². The van der Waals surface area contributed by atoms with Crippen LogP contribution < -0.4 is 14.8 Å². The molecule has 3 atom stereocenters. The summed E-state index contributed by atoms with van der Waals surface area (Å²) >= 11 is 0. The summed E-state index contributed by atoms with van der Waals surface area (Å²) in [6.45, 7) is 8.08. The zero-order valence-corrected chi connectivity index (χ0v) is 29.4. The summed E-state index contributed by atoms with van der Waals surface area (Å²) in [7, 11) is 2.23. The van der Waals surface area contributed by atoms with Crippen LogP contribution in [0.3, 0.4) is 0 Å². The number of carbonyl (C=O) groups is 3. The Labute approximate surface area is 294 Å². The van der Waals surface area contributed by atoms with Crippen LogP contribution in [-0.4, -0.2) is 139 Å². The van der Waals surface area contributed by atoms with Crippen molar-refractivity contribution in [3.63, 3.8) is 0 Å². The number of nitrogens with zero attached hydrogens (tertiary/aromatic N) is 5. The van der Waals surface area contributed by atoms with E-state index in [2.05, 4.69) is 28.2 Å². The number of carbonyl (C=O) groups excluding carboxylic acids is 3. The van der Waals surface area contributed by atoms with Gasteiger partial charge in [-0.15, -0.1) is 0 Å². The van der Waals surface area contributed by atoms with Crippen LogP contribution in [0.15, 0.2) is 36.4 Å². The molecule has 6 aliphatic heterocycles. The molecule has 0 aromatic heterocycles. The number of urea groups is 1. The molecule has 2 aromatic rings. The zero-order valence-electron chi connectivity index (χ0n) is 29.4. The molecule has 50 heavy (non-hydrogen) atoms. The number of rotatable bonds is 6. The van der Waals surface area contributed by atoms with E-state index in [0.29, 0.717) is 82.7 Å². The molecule has 12 nitrogen and oxygen atoms in total. The Morgan fingerprint density at radius 3 is 2.40 bits per heavy atom. The van der Waals surface area contributed by atoms with E-state index in [1.54, 1.807) is 4.90 Å². The first-order chi connectivity index (χ1) is 24.3. The molecular formula is C38H50N6O6. The Morgan fingerprint density at radius 2 is 1.64 bits per heavy atom. The lowest BCUT2D eigenvalue weighted by atomic mass is 9.99. The van der Waals surface area contributed by atoms with Crippen molar-refractivity contribution in [3.8, 4) is 11.5 Å². The minimum absolute atomic E-state index is 0.0269. The molecular weight excluding hydrogens is 636 g/mol. The first kappa shape index (κ1) is 33.1. The molecule has 268 valence electrons. The predicted molar refractivity (Wildman–Crippen MR) is 188 cm³/mol. The molecule has 2 bridgehead atoms. The maximum Gasteiger partial charge on any atom is 0.410 e. The van der Waals surface area contributed by atoms with Gasteiger partial charge in [0.1, 0.15) is 13.2 Å². The monoisotopic (exact) mass is 686 g/mol. The summed E-state index contributed by atoms with van der Waals surface area (Å²) in [5.41, 5.74) is 3.80. The highest BCUT2D eigenvalue weighted by atomic mass is 16.6. The summed E-state index contributed by atoms with van der Waals surface area (Å²) in [6.07, 6.45) is 4.04. The number of para-hydroxylation sites is 1. The number of likely N-dealkylation sites (N-methyl/N-ethyl adjacent to an activating group) is 1. The third-order valence-corrected chi connectivity index (χ3v) is 11.9. The SMILES string of the molecule is Cc1cc(C[C@@H](OC(=O)N2CCC(N3CCc4ccccc4NC3=O)CC2)C(=O)N2CCC(N3CC4CC3CN4C)CC2)cc2c1OCCO2. The van der Waals surface area contributed by atoms with Gasteiger partial charge < -0.3 is 39.1 Å². The predicted octanol–water partition coefficient (Wildman–Crippen LogP) is 3.75. The third kappa shape index (κ3) is 6.59. The van der Waals surface area contributed by atoms with Gasteiger partial charge in [-0.1, -0.05) is 24.3 Å². The van der Waals surface area contributed by atoms with Gasteiger partial charge in [-0.05, 0) is 81.3 Å². The molecule has 2 aromatic carbocycles. The highest BCUT2D eigenvalue weighted by molar-refractivity contribution is 5.91. The minimum Gasteiger partial charge on any atom is -0.486 e. The van der Waals surface area contributed by atoms with E-state index in [9.17, 15) is 14.4 Å². The maximum absolute atomic E-state index is 14.2. The fourth-order valence-corrected chi connectivity index (χ4v) is 9.17. The number of ether oxygens (including phenoxy) is 3. The average Bonchev–Trinajstić information content (AvgIpc) is 3.67. The number of hydrogen-bond donors (Lipinski definition) is 1. The highest BCUT2D eigenvalue weighted by Crippen LogP contribution is 2.36. The summed E-state index contributed by atoms with van der Waals surface area (Å²) in [5.74, 6) is 1.26. The van der Waals surface area contributed by atoms with Gasteiger partial charge >= 0.3 is 12.1 Å². The number of amides is 4. The first-order valence-electron chi connectivity index (χ1n) is 18.6. The van der Waals surface area contributed by atoms with Gasteiger partial charge in [-0.25, -0.2) is 9.59 Å². The molecule has 4 amide bonds. The van der Waals surface area contributed by atoms with Crippen molar-refractivity contribution in [1.82, 2.24) is 24.5 Å². The van der Waals surface area contributed by atoms with E-state index in [-0.39, 0.29) is 24.4 Å². The van der Waals surface area contributed by atoms with Crippen LogP contribution in [0.25, 0.3) is 0 Å². The van der Waals surface area contributed by atoms with Gasteiger partial charge in [0.15, 0.2) is 17.6 Å². The van der Waals surface area contributed by atoms with E-state index in [1.807, 2.05) is 47.1 Å². The van der Waals surface area contributed by atoms with E-state index in [4.69, 9.17) is 14.2 Å². The summed E-state index contributed by atoms with van der Waals surface area (Å²) in [5, 5.41) is 3.06. The molecule has 2 unspecified atom stereocenters. The molecule has 4 fully saturated rings. The second kappa shape index (κ2) is 13.9. The maximum atomic E-state index is 14.2. The van der Waals surface area contributed by atoms with E-state index < -0.39 is 12.2 Å². The van der Waals surface area contributed by atoms with Crippen LogP contribution in [0.4, 0.5) is 15.3 Å². The van der Waals surface area contributed by atoms with Crippen molar-refractivity contribution < 1.29 is 28.6 Å². The van der Waals surface area contributed by atoms with E-state index >= 15 is 0 Å². The Morgan fingerprint density at radius 1 is 0.900 bits per heavy atom. The highest BCUT2D eigenvalue weighted by Gasteiger charge is 2.45. The molecule has 8 rings (SSSR count). The van der Waals surface area contributed by atoms with Crippen LogP contribution in [0.2, 0.25) is 0 Å². The minimum atomic E-state index is -0.954. The van der Waals surface area contributed by atoms with Gasteiger partial charge in [0, 0.05) is 82.1 Å². The molecule has 12 heteroatoms. The Kier molecular flexibility index (Phi) is 9.24. The number of piperidine rings is 2. The Hall–Kier alpha value is -4.03. The van der Waals surface area contributed by atoms with Gasteiger partial charge in [-0.2, -0.15) is 0 Å². The lowest BCUT2D eigenvalue weighted by Gasteiger charge is -2.42. The van der Waals surface area contributed by atoms with Crippen molar-refractivity contribution in [1.29, 1.82) is 0 Å². The van der Waals surface area contributed by atoms with Crippen molar-refractivity contribution in [2.75, 3.05) is 71.4 Å². The second-order valence-electron chi connectivity index (χ2n) is 15.0. The molecule has 6 heterocycles. The first-order valence-corrected chi connectivity index (χ1v) is 18.6. The van der Waals surface area contributed by atoms with Gasteiger partial charge in [-0.3, -0.25) is 9.69 Å². The quantitative estimate of drug-likeness (QED) is 0.490. The number of fused-ring (bicyclic) bond motifs is 4. The summed E-state index contributed by atoms with van der Waals surface area (Å²) < 4.78 is 17.9. The number of hydrogen-bond acceptors (Lipinski definition) is 8. The van der Waals surface area contributed by atoms with Crippen molar-refractivity contribution in [3.05, 3.63) is 53.1 Å². The molecule has 0 spiro atoms. The molecule has 0 saturated carbocycles.